The van der Waals surface area contributed by atoms with Gasteiger partial charge >= 0.3 is 5.97 Å². The maximum atomic E-state index is 13.8. The number of nitrogens with one attached hydrogen (secondary N) is 1. The van der Waals surface area contributed by atoms with Crippen LogP contribution in [0.3, 0.4) is 0 Å². The molecule has 1 unspecified atom stereocenters. The molecule has 0 amide bonds. The van der Waals surface area contributed by atoms with Crippen LogP contribution in [0.15, 0.2) is 18.2 Å². The summed E-state index contributed by atoms with van der Waals surface area (Å²) < 4.78 is 42.8. The van der Waals surface area contributed by atoms with E-state index in [-0.39, 0.29) is 17.9 Å². The predicted molar refractivity (Wildman–Crippen MR) is 69.9 cm³/mol. The zero-order chi connectivity index (χ0) is 14.6. The average Bonchev–Trinajstić information content (AvgIpc) is 2.26. The first-order valence-corrected chi connectivity index (χ1v) is 7.57. The number of anilines is 1. The van der Waals surface area contributed by atoms with E-state index in [9.17, 15) is 17.6 Å². The zero-order valence-corrected chi connectivity index (χ0v) is 11.8. The van der Waals surface area contributed by atoms with Gasteiger partial charge < -0.3 is 4.74 Å². The molecule has 0 aliphatic rings. The Kier molecular flexibility index (Phi) is 4.88. The van der Waals surface area contributed by atoms with E-state index >= 15 is 0 Å². The Morgan fingerprint density at radius 3 is 2.58 bits per heavy atom. The van der Waals surface area contributed by atoms with Crippen LogP contribution in [0, 0.1) is 5.82 Å². The standard InChI is InChI=1S/C12H16FNO4S/c1-4-18-12(15)8(2)10-6-5-9(7-11(10)13)14-19(3,16)17/h5-8,14H,4H2,1-3H3. The second-order valence-corrected chi connectivity index (χ2v) is 5.83. The lowest BCUT2D eigenvalue weighted by Crippen LogP contribution is -2.15. The highest BCUT2D eigenvalue weighted by Crippen LogP contribution is 2.23. The molecule has 1 rings (SSSR count). The fourth-order valence-corrected chi connectivity index (χ4v) is 2.11. The largest absolute Gasteiger partial charge is 0.466 e. The number of hydrogen-bond donors (Lipinski definition) is 1. The van der Waals surface area contributed by atoms with Crippen LogP contribution < -0.4 is 4.72 Å². The van der Waals surface area contributed by atoms with E-state index in [2.05, 4.69) is 4.72 Å². The van der Waals surface area contributed by atoms with Gasteiger partial charge in [-0.2, -0.15) is 0 Å². The Morgan fingerprint density at radius 2 is 2.11 bits per heavy atom. The number of hydrogen-bond acceptors (Lipinski definition) is 4. The van der Waals surface area contributed by atoms with Crippen molar-refractivity contribution in [2.45, 2.75) is 19.8 Å². The summed E-state index contributed by atoms with van der Waals surface area (Å²) in [5, 5.41) is 0. The fraction of sp³-hybridized carbons (Fsp3) is 0.417. The van der Waals surface area contributed by atoms with Gasteiger partial charge in [0.15, 0.2) is 0 Å². The summed E-state index contributed by atoms with van der Waals surface area (Å²) in [7, 11) is -3.46. The number of halogens is 1. The number of benzene rings is 1. The Hall–Kier alpha value is -1.63. The lowest BCUT2D eigenvalue weighted by molar-refractivity contribution is -0.144. The van der Waals surface area contributed by atoms with Crippen LogP contribution in [0.5, 0.6) is 0 Å². The van der Waals surface area contributed by atoms with Gasteiger partial charge in [-0.1, -0.05) is 6.07 Å². The summed E-state index contributed by atoms with van der Waals surface area (Å²) in [5.41, 5.74) is 0.275. The molecule has 0 heterocycles. The molecule has 1 atom stereocenters. The first-order chi connectivity index (χ1) is 8.74. The molecule has 1 N–H and O–H groups in total. The summed E-state index contributed by atoms with van der Waals surface area (Å²) >= 11 is 0. The molecule has 0 fully saturated rings. The van der Waals surface area contributed by atoms with Crippen LogP contribution in [-0.2, 0) is 19.6 Å². The van der Waals surface area contributed by atoms with Gasteiger partial charge in [-0.3, -0.25) is 9.52 Å². The van der Waals surface area contributed by atoms with Gasteiger partial charge in [0.2, 0.25) is 10.0 Å². The van der Waals surface area contributed by atoms with Gasteiger partial charge in [0, 0.05) is 5.56 Å². The SMILES string of the molecule is CCOC(=O)C(C)c1ccc(NS(C)(=O)=O)cc1F. The molecule has 0 spiro atoms. The second-order valence-electron chi connectivity index (χ2n) is 4.08. The monoisotopic (exact) mass is 289 g/mol. The van der Waals surface area contributed by atoms with Crippen LogP contribution in [0.2, 0.25) is 0 Å². The minimum Gasteiger partial charge on any atom is -0.466 e. The van der Waals surface area contributed by atoms with E-state index in [1.165, 1.54) is 19.1 Å². The molecule has 0 aliphatic carbocycles. The van der Waals surface area contributed by atoms with Crippen LogP contribution >= 0.6 is 0 Å². The first kappa shape index (κ1) is 15.4. The highest BCUT2D eigenvalue weighted by atomic mass is 32.2. The number of rotatable bonds is 5. The summed E-state index contributed by atoms with van der Waals surface area (Å²) in [6.45, 7) is 3.42. The normalized spacial score (nSPS) is 12.8. The molecule has 0 saturated carbocycles. The third-order valence-electron chi connectivity index (χ3n) is 2.41. The van der Waals surface area contributed by atoms with Gasteiger partial charge in [0.25, 0.3) is 0 Å². The number of esters is 1. The van der Waals surface area contributed by atoms with Crippen molar-refractivity contribution in [3.8, 4) is 0 Å². The Labute approximate surface area is 111 Å². The minimum absolute atomic E-state index is 0.111. The summed E-state index contributed by atoms with van der Waals surface area (Å²) in [6, 6.07) is 3.80. The predicted octanol–water partition coefficient (Wildman–Crippen LogP) is 1.86. The van der Waals surface area contributed by atoms with Gasteiger partial charge in [-0.25, -0.2) is 12.8 Å². The average molecular weight is 289 g/mol. The van der Waals surface area contributed by atoms with Crippen LogP contribution in [-0.4, -0.2) is 27.2 Å². The van der Waals surface area contributed by atoms with Crippen LogP contribution in [0.1, 0.15) is 25.3 Å². The van der Waals surface area contributed by atoms with E-state index in [0.717, 1.165) is 12.3 Å². The molecule has 7 heteroatoms. The molecular weight excluding hydrogens is 273 g/mol. The lowest BCUT2D eigenvalue weighted by Gasteiger charge is -2.13. The smallest absolute Gasteiger partial charge is 0.313 e. The molecule has 0 aromatic heterocycles. The number of carbonyl (C=O) groups excluding carboxylic acids is 1. The number of carbonyl (C=O) groups is 1. The first-order valence-electron chi connectivity index (χ1n) is 5.68. The van der Waals surface area contributed by atoms with Crippen molar-refractivity contribution >= 4 is 21.7 Å². The minimum atomic E-state index is -3.46. The van der Waals surface area contributed by atoms with Crippen molar-refractivity contribution in [3.63, 3.8) is 0 Å². The Balaban J connectivity index is 2.97. The van der Waals surface area contributed by atoms with Crippen LogP contribution in [0.25, 0.3) is 0 Å². The molecule has 0 aliphatic heterocycles. The summed E-state index contributed by atoms with van der Waals surface area (Å²) in [5.74, 6) is -1.92. The molecule has 5 nitrogen and oxygen atoms in total. The molecule has 0 bridgehead atoms. The van der Waals surface area contributed by atoms with E-state index in [1.807, 2.05) is 0 Å². The highest BCUT2D eigenvalue weighted by Gasteiger charge is 2.20. The van der Waals surface area contributed by atoms with Crippen molar-refractivity contribution in [1.82, 2.24) is 0 Å². The van der Waals surface area contributed by atoms with Gasteiger partial charge in [0.05, 0.1) is 24.5 Å². The maximum absolute atomic E-state index is 13.8. The quantitative estimate of drug-likeness (QED) is 0.840. The molecule has 0 saturated heterocycles. The molecule has 0 radical (unpaired) electrons. The van der Waals surface area contributed by atoms with E-state index in [0.29, 0.717) is 0 Å². The summed E-state index contributed by atoms with van der Waals surface area (Å²) in [4.78, 5) is 11.5. The van der Waals surface area contributed by atoms with Gasteiger partial charge in [-0.15, -0.1) is 0 Å². The Bertz CT molecular complexity index is 571. The maximum Gasteiger partial charge on any atom is 0.313 e. The molecule has 1 aromatic carbocycles. The van der Waals surface area contributed by atoms with Gasteiger partial charge in [-0.05, 0) is 26.0 Å². The third kappa shape index (κ3) is 4.51. The second kappa shape index (κ2) is 6.01. The summed E-state index contributed by atoms with van der Waals surface area (Å²) in [6.07, 6.45) is 0.972. The topological polar surface area (TPSA) is 72.5 Å². The molecular formula is C12H16FNO4S. The van der Waals surface area contributed by atoms with Crippen molar-refractivity contribution in [1.29, 1.82) is 0 Å². The zero-order valence-electron chi connectivity index (χ0n) is 10.9. The van der Waals surface area contributed by atoms with E-state index < -0.39 is 27.7 Å². The van der Waals surface area contributed by atoms with E-state index in [4.69, 9.17) is 4.74 Å². The number of ether oxygens (including phenoxy) is 1. The molecule has 19 heavy (non-hydrogen) atoms. The Morgan fingerprint density at radius 1 is 1.47 bits per heavy atom. The number of sulfonamides is 1. The van der Waals surface area contributed by atoms with Crippen molar-refractivity contribution in [2.75, 3.05) is 17.6 Å². The van der Waals surface area contributed by atoms with Crippen LogP contribution in [0.4, 0.5) is 10.1 Å². The van der Waals surface area contributed by atoms with Gasteiger partial charge in [0.1, 0.15) is 5.82 Å². The van der Waals surface area contributed by atoms with Crippen molar-refractivity contribution in [2.24, 2.45) is 0 Å². The van der Waals surface area contributed by atoms with E-state index in [1.54, 1.807) is 6.92 Å². The molecule has 106 valence electrons. The lowest BCUT2D eigenvalue weighted by atomic mass is 10.0. The van der Waals surface area contributed by atoms with Crippen molar-refractivity contribution in [3.05, 3.63) is 29.6 Å². The molecule has 1 aromatic rings. The van der Waals surface area contributed by atoms with Crippen molar-refractivity contribution < 1.29 is 22.3 Å². The fourth-order valence-electron chi connectivity index (χ4n) is 1.55. The third-order valence-corrected chi connectivity index (χ3v) is 3.02. The highest BCUT2D eigenvalue weighted by molar-refractivity contribution is 7.92.